The Morgan fingerprint density at radius 1 is 0.867 bits per heavy atom. The number of hydrogen-bond donors (Lipinski definition) is 0. The molecule has 0 amide bonds. The van der Waals surface area contributed by atoms with Gasteiger partial charge < -0.3 is 9.47 Å². The zero-order chi connectivity index (χ0) is 20.2. The summed E-state index contributed by atoms with van der Waals surface area (Å²) < 4.78 is 13.2. The molecule has 1 aliphatic heterocycles. The zero-order valence-corrected chi connectivity index (χ0v) is 17.1. The molecule has 0 atom stereocenters. The summed E-state index contributed by atoms with van der Waals surface area (Å²) in [6, 6.07) is 20.3. The Morgan fingerprint density at radius 3 is 2.57 bits per heavy atom. The van der Waals surface area contributed by atoms with Crippen molar-refractivity contribution in [3.63, 3.8) is 0 Å². The molecule has 150 valence electrons. The third-order valence-corrected chi connectivity index (χ3v) is 5.87. The quantitative estimate of drug-likeness (QED) is 0.415. The van der Waals surface area contributed by atoms with Gasteiger partial charge in [-0.05, 0) is 41.8 Å². The van der Waals surface area contributed by atoms with Crippen LogP contribution in [0.1, 0.15) is 11.1 Å². The van der Waals surface area contributed by atoms with Crippen LogP contribution in [0, 0.1) is 0 Å². The molecule has 7 heteroatoms. The van der Waals surface area contributed by atoms with Gasteiger partial charge in [0.15, 0.2) is 22.5 Å². The normalized spacial score (nSPS) is 12.3. The maximum atomic E-state index is 5.54. The van der Waals surface area contributed by atoms with Gasteiger partial charge in [-0.25, -0.2) is 0 Å². The number of thioether (sulfide) groups is 1. The second-order valence-electron chi connectivity index (χ2n) is 6.90. The molecule has 0 bridgehead atoms. The van der Waals surface area contributed by atoms with Gasteiger partial charge >= 0.3 is 0 Å². The molecule has 0 spiro atoms. The van der Waals surface area contributed by atoms with Crippen LogP contribution in [0.15, 0.2) is 78.2 Å². The second kappa shape index (κ2) is 8.59. The van der Waals surface area contributed by atoms with Crippen LogP contribution in [0.4, 0.5) is 0 Å². The van der Waals surface area contributed by atoms with Gasteiger partial charge in [-0.1, -0.05) is 48.2 Å². The molecular weight excluding hydrogens is 396 g/mol. The first-order chi connectivity index (χ1) is 14.9. The Morgan fingerprint density at radius 2 is 1.70 bits per heavy atom. The summed E-state index contributed by atoms with van der Waals surface area (Å²) in [4.78, 5) is 4.08. The lowest BCUT2D eigenvalue weighted by molar-refractivity contribution is 0.174. The van der Waals surface area contributed by atoms with Crippen LogP contribution in [0.3, 0.4) is 0 Å². The molecule has 6 nitrogen and oxygen atoms in total. The van der Waals surface area contributed by atoms with Crippen molar-refractivity contribution in [2.45, 2.75) is 18.1 Å². The number of aryl methyl sites for hydroxylation is 1. The van der Waals surface area contributed by atoms with E-state index >= 15 is 0 Å². The Hall–Kier alpha value is -3.32. The molecule has 0 fully saturated rings. The monoisotopic (exact) mass is 416 g/mol. The van der Waals surface area contributed by atoms with Crippen molar-refractivity contribution in [3.05, 3.63) is 84.2 Å². The Kier molecular flexibility index (Phi) is 5.35. The number of hydrogen-bond acceptors (Lipinski definition) is 6. The van der Waals surface area contributed by atoms with Crippen molar-refractivity contribution < 1.29 is 9.47 Å². The van der Waals surface area contributed by atoms with E-state index < -0.39 is 0 Å². The fraction of sp³-hybridized carbons (Fsp3) is 0.174. The smallest absolute Gasteiger partial charge is 0.231 e. The summed E-state index contributed by atoms with van der Waals surface area (Å²) in [6.07, 6.45) is 4.61. The maximum Gasteiger partial charge on any atom is 0.231 e. The standard InChI is InChI=1S/C23H20N4O2S/c1-2-4-19(5-3-1)22-25-26-23(30-13-10-17-8-11-24-12-9-17)27(22)15-18-6-7-20-21(14-18)29-16-28-20/h1-9,11-12,14H,10,13,15-16H2. The predicted molar refractivity (Wildman–Crippen MR) is 116 cm³/mol. The van der Waals surface area contributed by atoms with E-state index in [-0.39, 0.29) is 6.79 Å². The molecule has 2 aromatic heterocycles. The summed E-state index contributed by atoms with van der Waals surface area (Å²) in [5.41, 5.74) is 3.43. The molecule has 0 saturated heterocycles. The number of nitrogens with zero attached hydrogens (tertiary/aromatic N) is 4. The highest BCUT2D eigenvalue weighted by molar-refractivity contribution is 7.99. The molecule has 0 radical (unpaired) electrons. The number of pyridine rings is 1. The Balaban J connectivity index is 1.41. The lowest BCUT2D eigenvalue weighted by atomic mass is 10.2. The SMILES string of the molecule is c1ccc(-c2nnc(SCCc3ccncc3)n2Cc2ccc3c(c2)OCO3)cc1. The average Bonchev–Trinajstić information content (AvgIpc) is 3.42. The number of benzene rings is 2. The molecule has 4 aromatic rings. The summed E-state index contributed by atoms with van der Waals surface area (Å²) in [5, 5.41) is 9.91. The van der Waals surface area contributed by atoms with E-state index in [1.54, 1.807) is 11.8 Å². The first-order valence-corrected chi connectivity index (χ1v) is 10.7. The van der Waals surface area contributed by atoms with Gasteiger partial charge in [0.25, 0.3) is 0 Å². The topological polar surface area (TPSA) is 62.1 Å². The molecule has 30 heavy (non-hydrogen) atoms. The van der Waals surface area contributed by atoms with Crippen molar-refractivity contribution in [1.82, 2.24) is 19.7 Å². The van der Waals surface area contributed by atoms with E-state index in [0.29, 0.717) is 6.54 Å². The first-order valence-electron chi connectivity index (χ1n) is 9.76. The van der Waals surface area contributed by atoms with Crippen LogP contribution in [0.2, 0.25) is 0 Å². The minimum atomic E-state index is 0.275. The van der Waals surface area contributed by atoms with Crippen molar-refractivity contribution in [2.24, 2.45) is 0 Å². The molecule has 0 aliphatic carbocycles. The summed E-state index contributed by atoms with van der Waals surface area (Å²) >= 11 is 1.72. The summed E-state index contributed by atoms with van der Waals surface area (Å²) in [7, 11) is 0. The lowest BCUT2D eigenvalue weighted by Gasteiger charge is -2.11. The van der Waals surface area contributed by atoms with Gasteiger partial charge in [-0.3, -0.25) is 9.55 Å². The molecule has 0 unspecified atom stereocenters. The molecule has 3 heterocycles. The van der Waals surface area contributed by atoms with E-state index in [1.807, 2.05) is 54.9 Å². The lowest BCUT2D eigenvalue weighted by Crippen LogP contribution is -2.05. The summed E-state index contributed by atoms with van der Waals surface area (Å²) in [5.74, 6) is 3.35. The van der Waals surface area contributed by atoms with Crippen LogP contribution in [0.25, 0.3) is 11.4 Å². The van der Waals surface area contributed by atoms with E-state index in [9.17, 15) is 0 Å². The molecule has 5 rings (SSSR count). The largest absolute Gasteiger partial charge is 0.454 e. The third-order valence-electron chi connectivity index (χ3n) is 4.90. The van der Waals surface area contributed by atoms with Crippen molar-refractivity contribution >= 4 is 11.8 Å². The highest BCUT2D eigenvalue weighted by atomic mass is 32.2. The predicted octanol–water partition coefficient (Wildman–Crippen LogP) is 4.45. The van der Waals surface area contributed by atoms with Crippen LogP contribution < -0.4 is 9.47 Å². The van der Waals surface area contributed by atoms with Crippen LogP contribution in [-0.4, -0.2) is 32.3 Å². The van der Waals surface area contributed by atoms with Gasteiger partial charge in [0.2, 0.25) is 6.79 Å². The first kappa shape index (κ1) is 18.7. The van der Waals surface area contributed by atoms with Gasteiger partial charge in [0.05, 0.1) is 6.54 Å². The molecule has 1 aliphatic rings. The number of aromatic nitrogens is 4. The zero-order valence-electron chi connectivity index (χ0n) is 16.3. The van der Waals surface area contributed by atoms with Crippen LogP contribution in [-0.2, 0) is 13.0 Å². The highest BCUT2D eigenvalue weighted by Gasteiger charge is 2.17. The van der Waals surface area contributed by atoms with E-state index in [4.69, 9.17) is 9.47 Å². The van der Waals surface area contributed by atoms with E-state index in [1.165, 1.54) is 5.56 Å². The van der Waals surface area contributed by atoms with Gasteiger partial charge in [-0.2, -0.15) is 0 Å². The van der Waals surface area contributed by atoms with E-state index in [2.05, 4.69) is 37.9 Å². The van der Waals surface area contributed by atoms with Crippen molar-refractivity contribution in [1.29, 1.82) is 0 Å². The van der Waals surface area contributed by atoms with Crippen LogP contribution in [0.5, 0.6) is 11.5 Å². The minimum absolute atomic E-state index is 0.275. The third kappa shape index (κ3) is 4.02. The fourth-order valence-electron chi connectivity index (χ4n) is 3.37. The molecule has 0 N–H and O–H groups in total. The highest BCUT2D eigenvalue weighted by Crippen LogP contribution is 2.33. The van der Waals surface area contributed by atoms with Gasteiger partial charge in [-0.15, -0.1) is 10.2 Å². The fourth-order valence-corrected chi connectivity index (χ4v) is 4.30. The Labute approximate surface area is 178 Å². The Bertz CT molecular complexity index is 1130. The summed E-state index contributed by atoms with van der Waals surface area (Å²) in [6.45, 7) is 0.933. The van der Waals surface area contributed by atoms with Crippen molar-refractivity contribution in [2.75, 3.05) is 12.5 Å². The van der Waals surface area contributed by atoms with Gasteiger partial charge in [0.1, 0.15) is 0 Å². The minimum Gasteiger partial charge on any atom is -0.454 e. The van der Waals surface area contributed by atoms with Crippen molar-refractivity contribution in [3.8, 4) is 22.9 Å². The molecule has 2 aromatic carbocycles. The van der Waals surface area contributed by atoms with Gasteiger partial charge in [0, 0.05) is 23.7 Å². The number of ether oxygens (including phenoxy) is 2. The average molecular weight is 417 g/mol. The molecular formula is C23H20N4O2S. The number of fused-ring (bicyclic) bond motifs is 1. The molecule has 0 saturated carbocycles. The number of rotatable bonds is 7. The maximum absolute atomic E-state index is 5.54. The van der Waals surface area contributed by atoms with Crippen LogP contribution >= 0.6 is 11.8 Å². The second-order valence-corrected chi connectivity index (χ2v) is 7.96. The van der Waals surface area contributed by atoms with E-state index in [0.717, 1.165) is 45.8 Å².